The summed E-state index contributed by atoms with van der Waals surface area (Å²) in [6, 6.07) is 7.26. The van der Waals surface area contributed by atoms with Crippen molar-refractivity contribution in [2.24, 2.45) is 0 Å². The minimum atomic E-state index is 0.324. The minimum Gasteiger partial charge on any atom is -0.484 e. The van der Waals surface area contributed by atoms with Crippen molar-refractivity contribution in [2.45, 2.75) is 20.1 Å². The highest BCUT2D eigenvalue weighted by molar-refractivity contribution is 6.42. The molecule has 1 aromatic carbocycles. The Balaban J connectivity index is 2.06. The molecule has 0 atom stereocenters. The lowest BCUT2D eigenvalue weighted by Crippen LogP contribution is -2.04. The number of aryl methyl sites for hydroxylation is 1. The summed E-state index contributed by atoms with van der Waals surface area (Å²) in [5, 5.41) is 3.95. The molecule has 0 fully saturated rings. The average molecular weight is 300 g/mol. The number of hydrogen-bond acceptors (Lipinski definition) is 3. The van der Waals surface area contributed by atoms with E-state index in [1.165, 1.54) is 0 Å². The highest BCUT2D eigenvalue weighted by atomic mass is 35.5. The van der Waals surface area contributed by atoms with Crippen molar-refractivity contribution in [2.75, 3.05) is 7.05 Å². The van der Waals surface area contributed by atoms with E-state index in [4.69, 9.17) is 32.4 Å². The van der Waals surface area contributed by atoms with Crippen LogP contribution in [0.25, 0.3) is 0 Å². The molecule has 0 bridgehead atoms. The summed E-state index contributed by atoms with van der Waals surface area (Å²) < 4.78 is 11.3. The normalized spacial score (nSPS) is 10.7. The molecular formula is C14H15Cl2NO2. The summed E-state index contributed by atoms with van der Waals surface area (Å²) in [6.45, 7) is 3.03. The van der Waals surface area contributed by atoms with E-state index < -0.39 is 0 Å². The van der Waals surface area contributed by atoms with Crippen LogP contribution in [0, 0.1) is 6.92 Å². The molecular weight excluding hydrogens is 285 g/mol. The lowest BCUT2D eigenvalue weighted by atomic mass is 10.2. The number of benzene rings is 1. The minimum absolute atomic E-state index is 0.324. The maximum absolute atomic E-state index is 6.05. The second-order valence-electron chi connectivity index (χ2n) is 4.19. The maximum Gasteiger partial charge on any atom is 0.146 e. The van der Waals surface area contributed by atoms with Gasteiger partial charge in [-0.1, -0.05) is 29.3 Å². The van der Waals surface area contributed by atoms with Gasteiger partial charge < -0.3 is 14.5 Å². The fraction of sp³-hybridized carbons (Fsp3) is 0.286. The third-order valence-corrected chi connectivity index (χ3v) is 3.50. The smallest absolute Gasteiger partial charge is 0.146 e. The Labute approximate surface area is 122 Å². The van der Waals surface area contributed by atoms with Gasteiger partial charge in [-0.05, 0) is 37.7 Å². The number of halogens is 2. The molecule has 0 radical (unpaired) electrons. The van der Waals surface area contributed by atoms with Crippen molar-refractivity contribution in [3.05, 3.63) is 51.4 Å². The molecule has 0 unspecified atom stereocenters. The molecule has 2 rings (SSSR count). The number of rotatable bonds is 5. The first-order chi connectivity index (χ1) is 9.11. The van der Waals surface area contributed by atoms with Gasteiger partial charge >= 0.3 is 0 Å². The molecule has 1 heterocycles. The molecule has 5 heteroatoms. The van der Waals surface area contributed by atoms with Crippen molar-refractivity contribution in [1.82, 2.24) is 5.32 Å². The van der Waals surface area contributed by atoms with Crippen LogP contribution < -0.4 is 10.1 Å². The molecule has 0 aliphatic rings. The van der Waals surface area contributed by atoms with Crippen LogP contribution in [-0.4, -0.2) is 7.05 Å². The second kappa shape index (κ2) is 6.33. The first kappa shape index (κ1) is 14.3. The van der Waals surface area contributed by atoms with Gasteiger partial charge in [-0.2, -0.15) is 0 Å². The lowest BCUT2D eigenvalue weighted by Gasteiger charge is -2.07. The third-order valence-electron chi connectivity index (χ3n) is 2.70. The zero-order valence-electron chi connectivity index (χ0n) is 10.8. The van der Waals surface area contributed by atoms with Crippen LogP contribution in [-0.2, 0) is 13.2 Å². The Morgan fingerprint density at radius 2 is 2.11 bits per heavy atom. The van der Waals surface area contributed by atoms with Crippen molar-refractivity contribution in [3.8, 4) is 5.75 Å². The summed E-state index contributed by atoms with van der Waals surface area (Å²) >= 11 is 12.0. The predicted molar refractivity (Wildman–Crippen MR) is 77.0 cm³/mol. The number of hydrogen-bond donors (Lipinski definition) is 1. The van der Waals surface area contributed by atoms with Crippen molar-refractivity contribution >= 4 is 23.2 Å². The van der Waals surface area contributed by atoms with Gasteiger partial charge in [0.05, 0.1) is 11.6 Å². The standard InChI is InChI=1S/C14H15Cl2NO2/c1-9-6-10(19-13(9)7-17-2)8-18-12-5-3-4-11(15)14(12)16/h3-6,17H,7-8H2,1-2H3. The van der Waals surface area contributed by atoms with Crippen LogP contribution in [0.2, 0.25) is 10.0 Å². The fourth-order valence-electron chi connectivity index (χ4n) is 1.74. The van der Waals surface area contributed by atoms with Crippen LogP contribution in [0.4, 0.5) is 0 Å². The van der Waals surface area contributed by atoms with Crippen molar-refractivity contribution in [3.63, 3.8) is 0 Å². The summed E-state index contributed by atoms with van der Waals surface area (Å²) in [5.74, 6) is 2.23. The average Bonchev–Trinajstić information content (AvgIpc) is 2.73. The first-order valence-electron chi connectivity index (χ1n) is 5.91. The van der Waals surface area contributed by atoms with Crippen LogP contribution >= 0.6 is 23.2 Å². The van der Waals surface area contributed by atoms with E-state index in [1.807, 2.05) is 20.0 Å². The van der Waals surface area contributed by atoms with Crippen LogP contribution in [0.5, 0.6) is 5.75 Å². The Hall–Kier alpha value is -1.16. The molecule has 0 spiro atoms. The summed E-state index contributed by atoms with van der Waals surface area (Å²) in [4.78, 5) is 0. The maximum atomic E-state index is 6.05. The summed E-state index contributed by atoms with van der Waals surface area (Å²) in [7, 11) is 1.88. The van der Waals surface area contributed by atoms with Crippen LogP contribution in [0.1, 0.15) is 17.1 Å². The van der Waals surface area contributed by atoms with Gasteiger partial charge in [0, 0.05) is 0 Å². The number of ether oxygens (including phenoxy) is 1. The Kier molecular flexibility index (Phi) is 4.75. The van der Waals surface area contributed by atoms with Gasteiger partial charge in [0.15, 0.2) is 0 Å². The molecule has 0 aliphatic carbocycles. The second-order valence-corrected chi connectivity index (χ2v) is 4.98. The zero-order chi connectivity index (χ0) is 13.8. The molecule has 0 saturated heterocycles. The van der Waals surface area contributed by atoms with E-state index in [0.717, 1.165) is 17.1 Å². The molecule has 1 N–H and O–H groups in total. The van der Waals surface area contributed by atoms with Crippen LogP contribution in [0.15, 0.2) is 28.7 Å². The van der Waals surface area contributed by atoms with Gasteiger partial charge in [-0.15, -0.1) is 0 Å². The quantitative estimate of drug-likeness (QED) is 0.899. The van der Waals surface area contributed by atoms with E-state index in [-0.39, 0.29) is 0 Å². The molecule has 1 aromatic heterocycles. The Morgan fingerprint density at radius 3 is 2.84 bits per heavy atom. The summed E-state index contributed by atoms with van der Waals surface area (Å²) in [6.07, 6.45) is 0. The van der Waals surface area contributed by atoms with Crippen molar-refractivity contribution < 1.29 is 9.15 Å². The molecule has 0 saturated carbocycles. The molecule has 102 valence electrons. The summed E-state index contributed by atoms with van der Waals surface area (Å²) in [5.41, 5.74) is 1.10. The van der Waals surface area contributed by atoms with E-state index in [9.17, 15) is 0 Å². The number of furan rings is 1. The van der Waals surface area contributed by atoms with Gasteiger partial charge in [-0.3, -0.25) is 0 Å². The van der Waals surface area contributed by atoms with Gasteiger partial charge in [0.1, 0.15) is 28.9 Å². The van der Waals surface area contributed by atoms with Crippen molar-refractivity contribution in [1.29, 1.82) is 0 Å². The SMILES string of the molecule is CNCc1oc(COc2cccc(Cl)c2Cl)cc1C. The first-order valence-corrected chi connectivity index (χ1v) is 6.67. The largest absolute Gasteiger partial charge is 0.484 e. The Bertz CT molecular complexity index is 567. The van der Waals surface area contributed by atoms with Gasteiger partial charge in [0.2, 0.25) is 0 Å². The highest BCUT2D eigenvalue weighted by Crippen LogP contribution is 2.32. The van der Waals surface area contributed by atoms with Crippen LogP contribution in [0.3, 0.4) is 0 Å². The fourth-order valence-corrected chi connectivity index (χ4v) is 2.09. The highest BCUT2D eigenvalue weighted by Gasteiger charge is 2.09. The molecule has 19 heavy (non-hydrogen) atoms. The molecule has 0 aliphatic heterocycles. The predicted octanol–water partition coefficient (Wildman–Crippen LogP) is 4.19. The van der Waals surface area contributed by atoms with Gasteiger partial charge in [-0.25, -0.2) is 0 Å². The zero-order valence-corrected chi connectivity index (χ0v) is 12.3. The molecule has 3 nitrogen and oxygen atoms in total. The monoisotopic (exact) mass is 299 g/mol. The molecule has 2 aromatic rings. The Morgan fingerprint density at radius 1 is 1.32 bits per heavy atom. The lowest BCUT2D eigenvalue weighted by molar-refractivity contribution is 0.265. The van der Waals surface area contributed by atoms with Gasteiger partial charge in [0.25, 0.3) is 0 Å². The number of nitrogens with one attached hydrogen (secondary N) is 1. The van der Waals surface area contributed by atoms with E-state index in [1.54, 1.807) is 18.2 Å². The topological polar surface area (TPSA) is 34.4 Å². The molecule has 0 amide bonds. The third kappa shape index (κ3) is 3.44. The van der Waals surface area contributed by atoms with E-state index in [2.05, 4.69) is 5.32 Å². The van der Waals surface area contributed by atoms with E-state index >= 15 is 0 Å². The van der Waals surface area contributed by atoms with E-state index in [0.29, 0.717) is 28.9 Å².